The van der Waals surface area contributed by atoms with E-state index in [1.807, 2.05) is 0 Å². The molecule has 0 aliphatic rings. The van der Waals surface area contributed by atoms with Gasteiger partial charge in [0.05, 0.1) is 12.0 Å². The Labute approximate surface area is 162 Å². The SMILES string of the molecule is COC(=O)[C@H](C)NS(=O)(=O)c1ccc(CNC(=O)c2ccc(Cl)cc2)cc1. The van der Waals surface area contributed by atoms with Gasteiger partial charge in [0.15, 0.2) is 0 Å². The number of halogens is 1. The number of ether oxygens (including phenoxy) is 1. The highest BCUT2D eigenvalue weighted by atomic mass is 35.5. The van der Waals surface area contributed by atoms with Crippen molar-refractivity contribution in [2.24, 2.45) is 0 Å². The van der Waals surface area contributed by atoms with E-state index in [9.17, 15) is 18.0 Å². The van der Waals surface area contributed by atoms with E-state index in [-0.39, 0.29) is 17.3 Å². The third-order valence-corrected chi connectivity index (χ3v) is 5.49. The third-order valence-electron chi connectivity index (χ3n) is 3.68. The number of hydrogen-bond donors (Lipinski definition) is 2. The van der Waals surface area contributed by atoms with E-state index in [0.29, 0.717) is 10.6 Å². The average Bonchev–Trinajstić information content (AvgIpc) is 2.66. The van der Waals surface area contributed by atoms with Gasteiger partial charge in [-0.1, -0.05) is 23.7 Å². The Balaban J connectivity index is 1.99. The molecule has 144 valence electrons. The lowest BCUT2D eigenvalue weighted by Gasteiger charge is -2.12. The number of carbonyl (C=O) groups is 2. The van der Waals surface area contributed by atoms with Crippen LogP contribution in [0.4, 0.5) is 0 Å². The molecule has 2 aromatic rings. The van der Waals surface area contributed by atoms with Gasteiger partial charge >= 0.3 is 5.97 Å². The number of sulfonamides is 1. The van der Waals surface area contributed by atoms with Crippen LogP contribution in [0, 0.1) is 0 Å². The standard InChI is InChI=1S/C18H19ClN2O5S/c1-12(18(23)26-2)21-27(24,25)16-9-3-13(4-10-16)11-20-17(22)14-5-7-15(19)8-6-14/h3-10,12,21H,11H2,1-2H3,(H,20,22)/t12-/m0/s1. The highest BCUT2D eigenvalue weighted by Gasteiger charge is 2.22. The average molecular weight is 411 g/mol. The van der Waals surface area contributed by atoms with Gasteiger partial charge in [0.25, 0.3) is 5.91 Å². The molecule has 0 saturated carbocycles. The van der Waals surface area contributed by atoms with E-state index in [0.717, 1.165) is 5.56 Å². The van der Waals surface area contributed by atoms with Crippen LogP contribution in [0.2, 0.25) is 5.02 Å². The fourth-order valence-corrected chi connectivity index (χ4v) is 3.52. The number of nitrogens with one attached hydrogen (secondary N) is 2. The molecule has 0 spiro atoms. The van der Waals surface area contributed by atoms with Gasteiger partial charge in [-0.05, 0) is 48.9 Å². The van der Waals surface area contributed by atoms with Crippen LogP contribution in [0.3, 0.4) is 0 Å². The first kappa shape index (κ1) is 20.9. The highest BCUT2D eigenvalue weighted by Crippen LogP contribution is 2.12. The predicted octanol–water partition coefficient (Wildman–Crippen LogP) is 2.11. The fraction of sp³-hybridized carbons (Fsp3) is 0.222. The van der Waals surface area contributed by atoms with Gasteiger partial charge in [0, 0.05) is 17.1 Å². The Kier molecular flexibility index (Phi) is 6.95. The number of benzene rings is 2. The van der Waals surface area contributed by atoms with Crippen molar-refractivity contribution < 1.29 is 22.7 Å². The summed E-state index contributed by atoms with van der Waals surface area (Å²) in [6.07, 6.45) is 0. The molecule has 2 N–H and O–H groups in total. The molecule has 0 aromatic heterocycles. The van der Waals surface area contributed by atoms with Crippen LogP contribution in [0.5, 0.6) is 0 Å². The molecule has 2 aromatic carbocycles. The zero-order valence-electron chi connectivity index (χ0n) is 14.7. The summed E-state index contributed by atoms with van der Waals surface area (Å²) >= 11 is 5.79. The second kappa shape index (κ2) is 8.98. The molecule has 9 heteroatoms. The Morgan fingerprint density at radius 1 is 1.07 bits per heavy atom. The lowest BCUT2D eigenvalue weighted by atomic mass is 10.2. The predicted molar refractivity (Wildman–Crippen MR) is 101 cm³/mol. The minimum atomic E-state index is -3.86. The molecular weight excluding hydrogens is 392 g/mol. The number of hydrogen-bond acceptors (Lipinski definition) is 5. The van der Waals surface area contributed by atoms with Crippen molar-refractivity contribution in [2.45, 2.75) is 24.4 Å². The van der Waals surface area contributed by atoms with Crippen LogP contribution < -0.4 is 10.0 Å². The molecule has 0 unspecified atom stereocenters. The van der Waals surface area contributed by atoms with Gasteiger partial charge in [-0.2, -0.15) is 4.72 Å². The van der Waals surface area contributed by atoms with E-state index in [4.69, 9.17) is 11.6 Å². The maximum Gasteiger partial charge on any atom is 0.323 e. The largest absolute Gasteiger partial charge is 0.468 e. The monoisotopic (exact) mass is 410 g/mol. The minimum Gasteiger partial charge on any atom is -0.468 e. The molecule has 27 heavy (non-hydrogen) atoms. The van der Waals surface area contributed by atoms with Gasteiger partial charge in [-0.25, -0.2) is 8.42 Å². The summed E-state index contributed by atoms with van der Waals surface area (Å²) in [5, 5.41) is 3.28. The molecule has 1 amide bonds. The van der Waals surface area contributed by atoms with E-state index in [1.165, 1.54) is 26.2 Å². The van der Waals surface area contributed by atoms with Crippen molar-refractivity contribution in [3.63, 3.8) is 0 Å². The topological polar surface area (TPSA) is 102 Å². The van der Waals surface area contributed by atoms with Gasteiger partial charge in [-0.3, -0.25) is 9.59 Å². The molecule has 1 atom stereocenters. The van der Waals surface area contributed by atoms with Crippen molar-refractivity contribution >= 4 is 33.5 Å². The Hall–Kier alpha value is -2.42. The lowest BCUT2D eigenvalue weighted by Crippen LogP contribution is -2.39. The first-order chi connectivity index (χ1) is 12.7. The molecule has 7 nitrogen and oxygen atoms in total. The Morgan fingerprint density at radius 3 is 2.22 bits per heavy atom. The van der Waals surface area contributed by atoms with Crippen LogP contribution in [-0.4, -0.2) is 33.4 Å². The molecular formula is C18H19ClN2O5S. The molecule has 0 aliphatic heterocycles. The van der Waals surface area contributed by atoms with Crippen LogP contribution in [-0.2, 0) is 26.1 Å². The lowest BCUT2D eigenvalue weighted by molar-refractivity contribution is -0.142. The van der Waals surface area contributed by atoms with Crippen molar-refractivity contribution in [1.29, 1.82) is 0 Å². The van der Waals surface area contributed by atoms with Crippen LogP contribution in [0.15, 0.2) is 53.4 Å². The zero-order chi connectivity index (χ0) is 20.0. The number of esters is 1. The van der Waals surface area contributed by atoms with Crippen LogP contribution in [0.1, 0.15) is 22.8 Å². The minimum absolute atomic E-state index is 0.00558. The van der Waals surface area contributed by atoms with Gasteiger partial charge < -0.3 is 10.1 Å². The Bertz CT molecular complexity index is 912. The summed E-state index contributed by atoms with van der Waals surface area (Å²) in [4.78, 5) is 23.4. The van der Waals surface area contributed by atoms with Crippen molar-refractivity contribution in [1.82, 2.24) is 10.0 Å². The summed E-state index contributed by atoms with van der Waals surface area (Å²) in [6.45, 7) is 1.62. The molecule has 0 fully saturated rings. The van der Waals surface area contributed by atoms with Crippen molar-refractivity contribution in [3.05, 3.63) is 64.7 Å². The third kappa shape index (κ3) is 5.78. The normalized spacial score (nSPS) is 12.3. The molecule has 0 heterocycles. The van der Waals surface area contributed by atoms with Gasteiger partial charge in [0.1, 0.15) is 6.04 Å². The second-order valence-electron chi connectivity index (χ2n) is 5.70. The summed E-state index contributed by atoms with van der Waals surface area (Å²) in [5.41, 5.74) is 1.19. The summed E-state index contributed by atoms with van der Waals surface area (Å²) in [7, 11) is -2.68. The number of rotatable bonds is 7. The first-order valence-corrected chi connectivity index (χ1v) is 9.82. The molecule has 0 radical (unpaired) electrons. The summed E-state index contributed by atoms with van der Waals surface area (Å²) in [6, 6.07) is 11.4. The quantitative estimate of drug-likeness (QED) is 0.681. The summed E-state index contributed by atoms with van der Waals surface area (Å²) in [5.74, 6) is -0.947. The van der Waals surface area contributed by atoms with Gasteiger partial charge in [0.2, 0.25) is 10.0 Å². The van der Waals surface area contributed by atoms with Crippen LogP contribution in [0.25, 0.3) is 0 Å². The maximum atomic E-state index is 12.3. The molecule has 0 bridgehead atoms. The highest BCUT2D eigenvalue weighted by molar-refractivity contribution is 7.89. The van der Waals surface area contributed by atoms with E-state index >= 15 is 0 Å². The van der Waals surface area contributed by atoms with Crippen molar-refractivity contribution in [3.8, 4) is 0 Å². The van der Waals surface area contributed by atoms with E-state index in [1.54, 1.807) is 36.4 Å². The maximum absolute atomic E-state index is 12.3. The number of methoxy groups -OCH3 is 1. The van der Waals surface area contributed by atoms with Crippen molar-refractivity contribution in [2.75, 3.05) is 7.11 Å². The molecule has 0 aliphatic carbocycles. The number of carbonyl (C=O) groups excluding carboxylic acids is 2. The van der Waals surface area contributed by atoms with E-state index < -0.39 is 22.0 Å². The molecule has 2 rings (SSSR count). The van der Waals surface area contributed by atoms with Gasteiger partial charge in [-0.15, -0.1) is 0 Å². The number of amides is 1. The van der Waals surface area contributed by atoms with E-state index in [2.05, 4.69) is 14.8 Å². The zero-order valence-corrected chi connectivity index (χ0v) is 16.3. The fourth-order valence-electron chi connectivity index (χ4n) is 2.20. The molecule has 0 saturated heterocycles. The summed E-state index contributed by atoms with van der Waals surface area (Å²) < 4.78 is 31.2. The first-order valence-electron chi connectivity index (χ1n) is 7.96. The second-order valence-corrected chi connectivity index (χ2v) is 7.85. The Morgan fingerprint density at radius 2 is 1.67 bits per heavy atom. The van der Waals surface area contributed by atoms with Crippen LogP contribution >= 0.6 is 11.6 Å². The smallest absolute Gasteiger partial charge is 0.323 e.